The van der Waals surface area contributed by atoms with Gasteiger partial charge in [-0.1, -0.05) is 18.2 Å². The van der Waals surface area contributed by atoms with Gasteiger partial charge in [-0.25, -0.2) is 4.98 Å². The molecular weight excluding hydrogens is 322 g/mol. The smallest absolute Gasteiger partial charge is 0.329 e. The topological polar surface area (TPSA) is 102 Å². The molecule has 0 aliphatic carbocycles. The van der Waals surface area contributed by atoms with Crippen LogP contribution in [0.25, 0.3) is 0 Å². The Morgan fingerprint density at radius 2 is 1.72 bits per heavy atom. The number of hydrogen-bond acceptors (Lipinski definition) is 7. The van der Waals surface area contributed by atoms with Crippen molar-refractivity contribution >= 4 is 23.1 Å². The molecule has 2 N–H and O–H groups in total. The lowest BCUT2D eigenvalue weighted by atomic mass is 10.3. The lowest BCUT2D eigenvalue weighted by Gasteiger charge is -2.08. The molecule has 0 bridgehead atoms. The van der Waals surface area contributed by atoms with E-state index in [0.29, 0.717) is 5.75 Å². The highest BCUT2D eigenvalue weighted by Gasteiger charge is 2.15. The van der Waals surface area contributed by atoms with E-state index in [1.807, 2.05) is 42.5 Å². The molecule has 0 aliphatic heterocycles. The van der Waals surface area contributed by atoms with Gasteiger partial charge < -0.3 is 15.4 Å². The van der Waals surface area contributed by atoms with Crippen LogP contribution in [0, 0.1) is 10.1 Å². The quantitative estimate of drug-likeness (QED) is 0.518. The number of nitrogens with one attached hydrogen (secondary N) is 2. The first-order valence-corrected chi connectivity index (χ1v) is 7.45. The fraction of sp³-hybridized carbons (Fsp3) is 0.0588. The maximum atomic E-state index is 10.9. The van der Waals surface area contributed by atoms with E-state index in [9.17, 15) is 10.1 Å². The van der Waals surface area contributed by atoms with Crippen molar-refractivity contribution in [3.8, 4) is 11.5 Å². The van der Waals surface area contributed by atoms with Crippen molar-refractivity contribution in [2.45, 2.75) is 0 Å². The first-order chi connectivity index (χ1) is 12.2. The molecule has 0 saturated carbocycles. The van der Waals surface area contributed by atoms with Gasteiger partial charge in [0.2, 0.25) is 11.8 Å². The molecular formula is C17H15N5O3. The standard InChI is InChI=1S/C17H15N5O3/c1-18-16-15(22(23)24)11-19-17(21-16)20-12-7-9-14(10-8-12)25-13-5-3-2-4-6-13/h2-11H,1H3,(H2,18,19,20,21). The number of rotatable bonds is 6. The molecule has 0 amide bonds. The molecule has 1 aromatic heterocycles. The van der Waals surface area contributed by atoms with Crippen LogP contribution in [0.2, 0.25) is 0 Å². The number of anilines is 3. The number of hydrogen-bond donors (Lipinski definition) is 2. The average molecular weight is 337 g/mol. The summed E-state index contributed by atoms with van der Waals surface area (Å²) in [6, 6.07) is 16.7. The van der Waals surface area contributed by atoms with Gasteiger partial charge in [-0.15, -0.1) is 0 Å². The second-order valence-corrected chi connectivity index (χ2v) is 5.00. The summed E-state index contributed by atoms with van der Waals surface area (Å²) in [7, 11) is 1.56. The van der Waals surface area contributed by atoms with Crippen molar-refractivity contribution in [2.24, 2.45) is 0 Å². The zero-order chi connectivity index (χ0) is 17.6. The summed E-state index contributed by atoms with van der Waals surface area (Å²) < 4.78 is 5.72. The Kier molecular flexibility index (Phi) is 4.70. The maximum absolute atomic E-state index is 10.9. The molecule has 0 fully saturated rings. The number of ether oxygens (including phenoxy) is 1. The van der Waals surface area contributed by atoms with Crippen LogP contribution in [0.1, 0.15) is 0 Å². The Hall–Kier alpha value is -3.68. The number of benzene rings is 2. The number of para-hydroxylation sites is 1. The first kappa shape index (κ1) is 16.2. The highest BCUT2D eigenvalue weighted by molar-refractivity contribution is 5.60. The predicted octanol–water partition coefficient (Wildman–Crippen LogP) is 3.96. The molecule has 0 spiro atoms. The Morgan fingerprint density at radius 3 is 2.36 bits per heavy atom. The van der Waals surface area contributed by atoms with Crippen LogP contribution in [0.15, 0.2) is 60.8 Å². The first-order valence-electron chi connectivity index (χ1n) is 7.45. The van der Waals surface area contributed by atoms with Gasteiger partial charge in [-0.05, 0) is 36.4 Å². The summed E-state index contributed by atoms with van der Waals surface area (Å²) in [5, 5.41) is 16.6. The summed E-state index contributed by atoms with van der Waals surface area (Å²) in [6.07, 6.45) is 1.16. The molecule has 0 atom stereocenters. The molecule has 0 radical (unpaired) electrons. The molecule has 0 saturated heterocycles. The van der Waals surface area contributed by atoms with Crippen LogP contribution in [0.4, 0.5) is 23.1 Å². The van der Waals surface area contributed by atoms with Gasteiger partial charge >= 0.3 is 5.69 Å². The Bertz CT molecular complexity index is 869. The van der Waals surface area contributed by atoms with Crippen molar-refractivity contribution in [3.63, 3.8) is 0 Å². The molecule has 2 aromatic carbocycles. The van der Waals surface area contributed by atoms with E-state index in [2.05, 4.69) is 20.6 Å². The third-order valence-electron chi connectivity index (χ3n) is 3.29. The molecule has 1 heterocycles. The Labute approximate surface area is 143 Å². The summed E-state index contributed by atoms with van der Waals surface area (Å²) in [5.41, 5.74) is 0.552. The lowest BCUT2D eigenvalue weighted by Crippen LogP contribution is -2.04. The van der Waals surface area contributed by atoms with Crippen molar-refractivity contribution < 1.29 is 9.66 Å². The van der Waals surface area contributed by atoms with E-state index in [-0.39, 0.29) is 17.5 Å². The second kappa shape index (κ2) is 7.26. The van der Waals surface area contributed by atoms with Gasteiger partial charge in [0.05, 0.1) is 4.92 Å². The fourth-order valence-electron chi connectivity index (χ4n) is 2.11. The van der Waals surface area contributed by atoms with Crippen LogP contribution in [0.5, 0.6) is 11.5 Å². The van der Waals surface area contributed by atoms with Gasteiger partial charge in [0, 0.05) is 12.7 Å². The number of nitro groups is 1. The number of nitrogens with zero attached hydrogens (tertiary/aromatic N) is 3. The lowest BCUT2D eigenvalue weighted by molar-refractivity contribution is -0.384. The summed E-state index contributed by atoms with van der Waals surface area (Å²) >= 11 is 0. The van der Waals surface area contributed by atoms with E-state index in [4.69, 9.17) is 4.74 Å². The van der Waals surface area contributed by atoms with E-state index in [1.165, 1.54) is 0 Å². The largest absolute Gasteiger partial charge is 0.457 e. The third-order valence-corrected chi connectivity index (χ3v) is 3.29. The van der Waals surface area contributed by atoms with Crippen molar-refractivity contribution in [1.82, 2.24) is 9.97 Å². The zero-order valence-electron chi connectivity index (χ0n) is 13.3. The normalized spacial score (nSPS) is 10.1. The molecule has 0 unspecified atom stereocenters. The van der Waals surface area contributed by atoms with E-state index in [1.54, 1.807) is 19.2 Å². The minimum atomic E-state index is -0.536. The summed E-state index contributed by atoms with van der Waals surface area (Å²) in [6.45, 7) is 0. The highest BCUT2D eigenvalue weighted by Crippen LogP contribution is 2.25. The Morgan fingerprint density at radius 1 is 1.04 bits per heavy atom. The van der Waals surface area contributed by atoms with Crippen LogP contribution >= 0.6 is 0 Å². The monoisotopic (exact) mass is 337 g/mol. The molecule has 8 nitrogen and oxygen atoms in total. The van der Waals surface area contributed by atoms with Gasteiger partial charge in [-0.2, -0.15) is 4.98 Å². The van der Waals surface area contributed by atoms with Crippen LogP contribution < -0.4 is 15.4 Å². The SMILES string of the molecule is CNc1nc(Nc2ccc(Oc3ccccc3)cc2)ncc1[N+](=O)[O-]. The molecule has 25 heavy (non-hydrogen) atoms. The molecule has 8 heteroatoms. The third kappa shape index (κ3) is 3.99. The average Bonchev–Trinajstić information content (AvgIpc) is 2.64. The molecule has 3 rings (SSSR count). The van der Waals surface area contributed by atoms with Gasteiger partial charge in [0.1, 0.15) is 17.7 Å². The predicted molar refractivity (Wildman–Crippen MR) is 94.5 cm³/mol. The highest BCUT2D eigenvalue weighted by atomic mass is 16.6. The Balaban J connectivity index is 1.72. The number of aromatic nitrogens is 2. The molecule has 3 aromatic rings. The van der Waals surface area contributed by atoms with Gasteiger partial charge in [-0.3, -0.25) is 10.1 Å². The summed E-state index contributed by atoms with van der Waals surface area (Å²) in [4.78, 5) is 18.4. The zero-order valence-corrected chi connectivity index (χ0v) is 13.3. The van der Waals surface area contributed by atoms with Crippen molar-refractivity contribution in [2.75, 3.05) is 17.7 Å². The molecule has 126 valence electrons. The van der Waals surface area contributed by atoms with Crippen LogP contribution in [-0.4, -0.2) is 21.9 Å². The second-order valence-electron chi connectivity index (χ2n) is 5.00. The summed E-state index contributed by atoms with van der Waals surface area (Å²) in [5.74, 6) is 1.84. The van der Waals surface area contributed by atoms with E-state index < -0.39 is 4.92 Å². The van der Waals surface area contributed by atoms with Crippen LogP contribution in [0.3, 0.4) is 0 Å². The van der Waals surface area contributed by atoms with E-state index in [0.717, 1.165) is 17.6 Å². The fourth-order valence-corrected chi connectivity index (χ4v) is 2.11. The van der Waals surface area contributed by atoms with Crippen molar-refractivity contribution in [3.05, 3.63) is 70.9 Å². The maximum Gasteiger partial charge on any atom is 0.329 e. The minimum Gasteiger partial charge on any atom is -0.457 e. The molecule has 0 aliphatic rings. The van der Waals surface area contributed by atoms with Crippen LogP contribution in [-0.2, 0) is 0 Å². The van der Waals surface area contributed by atoms with Crippen molar-refractivity contribution in [1.29, 1.82) is 0 Å². The van der Waals surface area contributed by atoms with E-state index >= 15 is 0 Å². The van der Waals surface area contributed by atoms with Gasteiger partial charge in [0.25, 0.3) is 0 Å². The minimum absolute atomic E-state index is 0.145. The van der Waals surface area contributed by atoms with Gasteiger partial charge in [0.15, 0.2) is 0 Å².